The zero-order valence-corrected chi connectivity index (χ0v) is 15.3. The SMILES string of the molecule is CC(=O)c1cccc(Nc2ncnc(Nc3cc(Cl)ccc3Cl)c2N)c1. The Morgan fingerprint density at radius 1 is 1.04 bits per heavy atom. The van der Waals surface area contributed by atoms with E-state index in [1.54, 1.807) is 36.4 Å². The van der Waals surface area contributed by atoms with Crippen LogP contribution in [0.2, 0.25) is 10.0 Å². The Hall–Kier alpha value is -2.83. The van der Waals surface area contributed by atoms with Crippen molar-refractivity contribution < 1.29 is 4.79 Å². The summed E-state index contributed by atoms with van der Waals surface area (Å²) < 4.78 is 0. The van der Waals surface area contributed by atoms with Gasteiger partial charge in [-0.05, 0) is 37.3 Å². The van der Waals surface area contributed by atoms with Gasteiger partial charge in [-0.3, -0.25) is 4.79 Å². The normalized spacial score (nSPS) is 10.4. The highest BCUT2D eigenvalue weighted by molar-refractivity contribution is 6.35. The van der Waals surface area contributed by atoms with E-state index in [4.69, 9.17) is 28.9 Å². The lowest BCUT2D eigenvalue weighted by Gasteiger charge is -2.14. The molecule has 0 aliphatic rings. The Balaban J connectivity index is 1.89. The van der Waals surface area contributed by atoms with Gasteiger partial charge in [-0.25, -0.2) is 9.97 Å². The minimum absolute atomic E-state index is 0.0257. The van der Waals surface area contributed by atoms with Crippen molar-refractivity contribution >= 4 is 57.7 Å². The Labute approximate surface area is 160 Å². The summed E-state index contributed by atoms with van der Waals surface area (Å²) in [6.45, 7) is 1.51. The molecule has 1 aromatic heterocycles. The topological polar surface area (TPSA) is 92.9 Å². The lowest BCUT2D eigenvalue weighted by Crippen LogP contribution is -2.05. The van der Waals surface area contributed by atoms with E-state index >= 15 is 0 Å². The maximum absolute atomic E-state index is 11.5. The summed E-state index contributed by atoms with van der Waals surface area (Å²) in [5, 5.41) is 7.16. The molecule has 0 fully saturated rings. The van der Waals surface area contributed by atoms with Crippen LogP contribution >= 0.6 is 23.2 Å². The number of nitrogens with zero attached hydrogens (tertiary/aromatic N) is 2. The van der Waals surface area contributed by atoms with Crippen molar-refractivity contribution in [3.63, 3.8) is 0 Å². The summed E-state index contributed by atoms with van der Waals surface area (Å²) in [5.41, 5.74) is 8.33. The highest BCUT2D eigenvalue weighted by Gasteiger charge is 2.11. The molecule has 26 heavy (non-hydrogen) atoms. The number of halogens is 2. The van der Waals surface area contributed by atoms with Gasteiger partial charge in [-0.15, -0.1) is 0 Å². The maximum Gasteiger partial charge on any atom is 0.159 e. The number of anilines is 5. The van der Waals surface area contributed by atoms with Crippen LogP contribution in [0.5, 0.6) is 0 Å². The van der Waals surface area contributed by atoms with E-state index in [0.717, 1.165) is 0 Å². The number of aromatic nitrogens is 2. The number of nitrogen functional groups attached to an aromatic ring is 1. The largest absolute Gasteiger partial charge is 0.393 e. The molecule has 1 heterocycles. The Kier molecular flexibility index (Phi) is 5.25. The Morgan fingerprint density at radius 3 is 2.50 bits per heavy atom. The van der Waals surface area contributed by atoms with Gasteiger partial charge < -0.3 is 16.4 Å². The second-order valence-electron chi connectivity index (χ2n) is 5.50. The van der Waals surface area contributed by atoms with E-state index in [9.17, 15) is 4.79 Å². The average Bonchev–Trinajstić information content (AvgIpc) is 2.62. The van der Waals surface area contributed by atoms with Crippen LogP contribution in [0.15, 0.2) is 48.8 Å². The van der Waals surface area contributed by atoms with Gasteiger partial charge in [-0.2, -0.15) is 0 Å². The van der Waals surface area contributed by atoms with Gasteiger partial charge in [0, 0.05) is 16.3 Å². The minimum atomic E-state index is -0.0257. The molecule has 0 saturated carbocycles. The number of carbonyl (C=O) groups is 1. The third kappa shape index (κ3) is 4.04. The fourth-order valence-electron chi connectivity index (χ4n) is 2.27. The van der Waals surface area contributed by atoms with Gasteiger partial charge in [-0.1, -0.05) is 35.3 Å². The predicted molar refractivity (Wildman–Crippen MR) is 106 cm³/mol. The Morgan fingerprint density at radius 2 is 1.77 bits per heavy atom. The lowest BCUT2D eigenvalue weighted by molar-refractivity contribution is 0.101. The van der Waals surface area contributed by atoms with E-state index in [1.807, 2.05) is 6.07 Å². The molecule has 2 aromatic carbocycles. The summed E-state index contributed by atoms with van der Waals surface area (Å²) in [6, 6.07) is 12.1. The van der Waals surface area contributed by atoms with Crippen molar-refractivity contribution in [2.24, 2.45) is 0 Å². The van der Waals surface area contributed by atoms with Crippen LogP contribution in [0.4, 0.5) is 28.7 Å². The van der Waals surface area contributed by atoms with Gasteiger partial charge in [0.2, 0.25) is 0 Å². The van der Waals surface area contributed by atoms with Crippen molar-refractivity contribution in [1.82, 2.24) is 9.97 Å². The molecular formula is C18H15Cl2N5O. The van der Waals surface area contributed by atoms with Crippen molar-refractivity contribution in [3.8, 4) is 0 Å². The summed E-state index contributed by atoms with van der Waals surface area (Å²) in [5.74, 6) is 0.762. The minimum Gasteiger partial charge on any atom is -0.393 e. The van der Waals surface area contributed by atoms with Crippen molar-refractivity contribution in [2.75, 3.05) is 16.4 Å². The molecule has 0 atom stereocenters. The van der Waals surface area contributed by atoms with Crippen LogP contribution in [0.1, 0.15) is 17.3 Å². The number of benzene rings is 2. The fourth-order valence-corrected chi connectivity index (χ4v) is 2.61. The van der Waals surface area contributed by atoms with Crippen molar-refractivity contribution in [2.45, 2.75) is 6.92 Å². The smallest absolute Gasteiger partial charge is 0.159 e. The average molecular weight is 388 g/mol. The molecule has 0 bridgehead atoms. The van der Waals surface area contributed by atoms with Crippen LogP contribution in [0.3, 0.4) is 0 Å². The van der Waals surface area contributed by atoms with Gasteiger partial charge in [0.25, 0.3) is 0 Å². The molecule has 3 rings (SSSR count). The number of ketones is 1. The van der Waals surface area contributed by atoms with E-state index in [-0.39, 0.29) is 5.78 Å². The summed E-state index contributed by atoms with van der Waals surface area (Å²) in [4.78, 5) is 19.8. The second-order valence-corrected chi connectivity index (χ2v) is 6.34. The lowest BCUT2D eigenvalue weighted by atomic mass is 10.1. The number of nitrogens with one attached hydrogen (secondary N) is 2. The van der Waals surface area contributed by atoms with Gasteiger partial charge in [0.05, 0.1) is 10.7 Å². The highest BCUT2D eigenvalue weighted by Crippen LogP contribution is 2.32. The number of carbonyl (C=O) groups excluding carboxylic acids is 1. The molecule has 0 spiro atoms. The molecule has 0 amide bonds. The first-order valence-corrected chi connectivity index (χ1v) is 8.40. The Bertz CT molecular complexity index is 978. The molecule has 6 nitrogen and oxygen atoms in total. The molecule has 4 N–H and O–H groups in total. The molecular weight excluding hydrogens is 373 g/mol. The molecule has 0 aliphatic heterocycles. The van der Waals surface area contributed by atoms with Crippen LogP contribution in [-0.4, -0.2) is 15.8 Å². The summed E-state index contributed by atoms with van der Waals surface area (Å²) in [7, 11) is 0. The predicted octanol–water partition coefficient (Wildman–Crippen LogP) is 5.06. The van der Waals surface area contributed by atoms with E-state index in [2.05, 4.69) is 20.6 Å². The van der Waals surface area contributed by atoms with E-state index < -0.39 is 0 Å². The van der Waals surface area contributed by atoms with Crippen molar-refractivity contribution in [3.05, 3.63) is 64.4 Å². The first-order valence-electron chi connectivity index (χ1n) is 7.64. The van der Waals surface area contributed by atoms with Gasteiger partial charge >= 0.3 is 0 Å². The molecule has 8 heteroatoms. The summed E-state index contributed by atoms with van der Waals surface area (Å²) >= 11 is 12.2. The third-order valence-corrected chi connectivity index (χ3v) is 4.16. The third-order valence-electron chi connectivity index (χ3n) is 3.60. The van der Waals surface area contributed by atoms with Gasteiger partial charge in [0.15, 0.2) is 17.4 Å². The maximum atomic E-state index is 11.5. The standard InChI is InChI=1S/C18H15Cl2N5O/c1-10(26)11-3-2-4-13(7-11)24-17-16(21)18(23-9-22-17)25-15-8-12(19)5-6-14(15)20/h2-9H,21H2,1H3,(H2,22,23,24,25). The zero-order chi connectivity index (χ0) is 18.7. The number of hydrogen-bond donors (Lipinski definition) is 3. The number of hydrogen-bond acceptors (Lipinski definition) is 6. The number of nitrogens with two attached hydrogens (primary N) is 1. The molecule has 0 aliphatic carbocycles. The summed E-state index contributed by atoms with van der Waals surface area (Å²) in [6.07, 6.45) is 1.37. The quantitative estimate of drug-likeness (QED) is 0.530. The molecule has 0 saturated heterocycles. The van der Waals surface area contributed by atoms with Crippen LogP contribution in [0, 0.1) is 0 Å². The monoisotopic (exact) mass is 387 g/mol. The van der Waals surface area contributed by atoms with Crippen molar-refractivity contribution in [1.29, 1.82) is 0 Å². The number of Topliss-reactive ketones (excluding diaryl/α,β-unsaturated/α-hetero) is 1. The number of rotatable bonds is 5. The van der Waals surface area contributed by atoms with Gasteiger partial charge in [0.1, 0.15) is 12.0 Å². The molecule has 0 radical (unpaired) electrons. The fraction of sp³-hybridized carbons (Fsp3) is 0.0556. The van der Waals surface area contributed by atoms with E-state index in [1.165, 1.54) is 13.3 Å². The van der Waals surface area contributed by atoms with Crippen LogP contribution < -0.4 is 16.4 Å². The first kappa shape index (κ1) is 18.0. The molecule has 132 valence electrons. The highest BCUT2D eigenvalue weighted by atomic mass is 35.5. The van der Waals surface area contributed by atoms with E-state index in [0.29, 0.717) is 44.3 Å². The first-order chi connectivity index (χ1) is 12.4. The second kappa shape index (κ2) is 7.59. The molecule has 0 unspecified atom stereocenters. The van der Waals surface area contributed by atoms with Crippen LogP contribution in [-0.2, 0) is 0 Å². The molecule has 3 aromatic rings. The van der Waals surface area contributed by atoms with Crippen LogP contribution in [0.25, 0.3) is 0 Å². The zero-order valence-electron chi connectivity index (χ0n) is 13.8.